The Kier molecular flexibility index (Phi) is 4.88. The van der Waals surface area contributed by atoms with E-state index in [0.717, 1.165) is 37.8 Å². The highest BCUT2D eigenvalue weighted by Gasteiger charge is 2.32. The molecule has 1 aliphatic rings. The Morgan fingerprint density at radius 3 is 2.57 bits per heavy atom. The summed E-state index contributed by atoms with van der Waals surface area (Å²) in [5.74, 6) is -2.08. The summed E-state index contributed by atoms with van der Waals surface area (Å²) in [6.45, 7) is 0.154. The van der Waals surface area contributed by atoms with E-state index in [1.807, 2.05) is 0 Å². The molecule has 2 rings (SSSR count). The second kappa shape index (κ2) is 6.47. The fourth-order valence-corrected chi connectivity index (χ4v) is 2.69. The number of hydrogen-bond acceptors (Lipinski definition) is 2. The van der Waals surface area contributed by atoms with Gasteiger partial charge >= 0.3 is 12.1 Å². The number of aliphatic carboxylic acids is 1. The molecule has 3 nitrogen and oxygen atoms in total. The summed E-state index contributed by atoms with van der Waals surface area (Å²) in [7, 11) is 0. The number of carboxylic acid groups (broad SMARTS) is 1. The molecule has 1 aliphatic carbocycles. The molecule has 6 heteroatoms. The number of alkyl halides is 3. The minimum atomic E-state index is -4.46. The van der Waals surface area contributed by atoms with Gasteiger partial charge in [-0.2, -0.15) is 13.2 Å². The van der Waals surface area contributed by atoms with Gasteiger partial charge in [0.25, 0.3) is 0 Å². The van der Waals surface area contributed by atoms with Crippen LogP contribution in [0.5, 0.6) is 0 Å². The number of carbonyl (C=O) groups is 1. The molecule has 1 unspecified atom stereocenters. The summed E-state index contributed by atoms with van der Waals surface area (Å²) in [4.78, 5) is 11.3. The lowest BCUT2D eigenvalue weighted by Gasteiger charge is -2.18. The Balaban J connectivity index is 2.12. The highest BCUT2D eigenvalue weighted by molar-refractivity contribution is 5.76. The fraction of sp³-hybridized carbons (Fsp3) is 0.533. The first kappa shape index (κ1) is 15.8. The molecule has 0 spiro atoms. The normalized spacial score (nSPS) is 17.9. The van der Waals surface area contributed by atoms with E-state index in [1.165, 1.54) is 12.1 Å². The summed E-state index contributed by atoms with van der Waals surface area (Å²) in [6.07, 6.45) is -0.250. The predicted molar refractivity (Wildman–Crippen MR) is 72.1 cm³/mol. The summed E-state index contributed by atoms with van der Waals surface area (Å²) < 4.78 is 38.1. The minimum Gasteiger partial charge on any atom is -0.481 e. The van der Waals surface area contributed by atoms with E-state index in [2.05, 4.69) is 5.32 Å². The zero-order valence-corrected chi connectivity index (χ0v) is 11.5. The molecular formula is C15H18F3NO2. The van der Waals surface area contributed by atoms with Gasteiger partial charge in [0.05, 0.1) is 11.5 Å². The van der Waals surface area contributed by atoms with E-state index in [4.69, 9.17) is 0 Å². The Morgan fingerprint density at radius 2 is 2.00 bits per heavy atom. The van der Waals surface area contributed by atoms with Crippen LogP contribution in [0.4, 0.5) is 13.2 Å². The molecule has 0 aliphatic heterocycles. The van der Waals surface area contributed by atoms with E-state index in [9.17, 15) is 23.1 Å². The standard InChI is InChI=1S/C15H18F3NO2/c16-15(17,18)11-5-3-4-10(8-11)13(14(20)21)9-19-12-6-1-2-7-12/h3-5,8,12-13,19H,1-2,6-7,9H2,(H,20,21). The van der Waals surface area contributed by atoms with E-state index in [-0.39, 0.29) is 18.2 Å². The first-order chi connectivity index (χ1) is 9.88. The van der Waals surface area contributed by atoms with Gasteiger partial charge in [0.15, 0.2) is 0 Å². The van der Waals surface area contributed by atoms with Crippen LogP contribution in [0.1, 0.15) is 42.7 Å². The summed E-state index contributed by atoms with van der Waals surface area (Å²) in [5.41, 5.74) is -0.630. The molecule has 1 fully saturated rings. The van der Waals surface area contributed by atoms with Gasteiger partial charge in [-0.05, 0) is 24.5 Å². The molecule has 0 heterocycles. The van der Waals surface area contributed by atoms with Crippen molar-refractivity contribution in [3.63, 3.8) is 0 Å². The summed E-state index contributed by atoms with van der Waals surface area (Å²) in [5, 5.41) is 12.4. The number of nitrogens with one attached hydrogen (secondary N) is 1. The van der Waals surface area contributed by atoms with Crippen LogP contribution in [-0.4, -0.2) is 23.7 Å². The van der Waals surface area contributed by atoms with Crippen LogP contribution in [0, 0.1) is 0 Å². The van der Waals surface area contributed by atoms with Gasteiger partial charge in [-0.25, -0.2) is 0 Å². The third-order valence-electron chi connectivity index (χ3n) is 3.88. The average molecular weight is 301 g/mol. The van der Waals surface area contributed by atoms with Crippen LogP contribution >= 0.6 is 0 Å². The van der Waals surface area contributed by atoms with E-state index < -0.39 is 23.6 Å². The van der Waals surface area contributed by atoms with Crippen molar-refractivity contribution in [3.8, 4) is 0 Å². The number of benzene rings is 1. The molecule has 1 aromatic rings. The van der Waals surface area contributed by atoms with E-state index in [0.29, 0.717) is 0 Å². The SMILES string of the molecule is O=C(O)C(CNC1CCCC1)c1cccc(C(F)(F)F)c1. The van der Waals surface area contributed by atoms with Crippen molar-refractivity contribution in [3.05, 3.63) is 35.4 Å². The maximum atomic E-state index is 12.7. The smallest absolute Gasteiger partial charge is 0.416 e. The van der Waals surface area contributed by atoms with Crippen molar-refractivity contribution in [1.82, 2.24) is 5.32 Å². The van der Waals surface area contributed by atoms with Crippen molar-refractivity contribution in [1.29, 1.82) is 0 Å². The first-order valence-corrected chi connectivity index (χ1v) is 7.01. The van der Waals surface area contributed by atoms with Crippen LogP contribution in [0.3, 0.4) is 0 Å². The third kappa shape index (κ3) is 4.20. The Morgan fingerprint density at radius 1 is 1.33 bits per heavy atom. The van der Waals surface area contributed by atoms with Crippen LogP contribution in [-0.2, 0) is 11.0 Å². The zero-order chi connectivity index (χ0) is 15.5. The van der Waals surface area contributed by atoms with Gasteiger partial charge in [0.1, 0.15) is 0 Å². The van der Waals surface area contributed by atoms with Gasteiger partial charge in [0.2, 0.25) is 0 Å². The number of carboxylic acids is 1. The zero-order valence-electron chi connectivity index (χ0n) is 11.5. The highest BCUT2D eigenvalue weighted by Crippen LogP contribution is 2.31. The van der Waals surface area contributed by atoms with Crippen molar-refractivity contribution in [2.24, 2.45) is 0 Å². The van der Waals surface area contributed by atoms with Crippen LogP contribution < -0.4 is 5.32 Å². The highest BCUT2D eigenvalue weighted by atomic mass is 19.4. The van der Waals surface area contributed by atoms with Crippen LogP contribution in [0.2, 0.25) is 0 Å². The second-order valence-electron chi connectivity index (χ2n) is 5.40. The Hall–Kier alpha value is -1.56. The lowest BCUT2D eigenvalue weighted by atomic mass is 9.96. The van der Waals surface area contributed by atoms with Crippen LogP contribution in [0.15, 0.2) is 24.3 Å². The van der Waals surface area contributed by atoms with E-state index in [1.54, 1.807) is 0 Å². The molecule has 1 saturated carbocycles. The topological polar surface area (TPSA) is 49.3 Å². The molecule has 1 aromatic carbocycles. The quantitative estimate of drug-likeness (QED) is 0.876. The Bertz CT molecular complexity index is 496. The molecule has 0 amide bonds. The van der Waals surface area contributed by atoms with Gasteiger partial charge in [-0.15, -0.1) is 0 Å². The van der Waals surface area contributed by atoms with Gasteiger partial charge in [-0.1, -0.05) is 31.0 Å². The second-order valence-corrected chi connectivity index (χ2v) is 5.40. The monoisotopic (exact) mass is 301 g/mol. The average Bonchev–Trinajstić information content (AvgIpc) is 2.91. The fourth-order valence-electron chi connectivity index (χ4n) is 2.69. The molecule has 2 N–H and O–H groups in total. The maximum absolute atomic E-state index is 12.7. The third-order valence-corrected chi connectivity index (χ3v) is 3.88. The van der Waals surface area contributed by atoms with Crippen molar-refractivity contribution < 1.29 is 23.1 Å². The van der Waals surface area contributed by atoms with Crippen molar-refractivity contribution in [2.45, 2.75) is 43.8 Å². The lowest BCUT2D eigenvalue weighted by Crippen LogP contribution is -2.33. The van der Waals surface area contributed by atoms with Gasteiger partial charge in [-0.3, -0.25) is 4.79 Å². The molecule has 0 bridgehead atoms. The molecule has 1 atom stereocenters. The molecular weight excluding hydrogens is 283 g/mol. The van der Waals surface area contributed by atoms with Gasteiger partial charge in [0, 0.05) is 12.6 Å². The minimum absolute atomic E-state index is 0.154. The maximum Gasteiger partial charge on any atom is 0.416 e. The first-order valence-electron chi connectivity index (χ1n) is 7.01. The largest absolute Gasteiger partial charge is 0.481 e. The van der Waals surface area contributed by atoms with Crippen LogP contribution in [0.25, 0.3) is 0 Å². The molecule has 21 heavy (non-hydrogen) atoms. The number of rotatable bonds is 5. The van der Waals surface area contributed by atoms with E-state index >= 15 is 0 Å². The molecule has 0 saturated heterocycles. The Labute approximate surface area is 121 Å². The summed E-state index contributed by atoms with van der Waals surface area (Å²) >= 11 is 0. The van der Waals surface area contributed by atoms with Crippen molar-refractivity contribution in [2.75, 3.05) is 6.54 Å². The summed E-state index contributed by atoms with van der Waals surface area (Å²) in [6, 6.07) is 4.84. The molecule has 116 valence electrons. The predicted octanol–water partition coefficient (Wildman–Crippen LogP) is 3.41. The van der Waals surface area contributed by atoms with Gasteiger partial charge < -0.3 is 10.4 Å². The number of halogens is 3. The number of hydrogen-bond donors (Lipinski definition) is 2. The van der Waals surface area contributed by atoms with Crippen molar-refractivity contribution >= 4 is 5.97 Å². The lowest BCUT2D eigenvalue weighted by molar-refractivity contribution is -0.140. The molecule has 0 aromatic heterocycles. The molecule has 0 radical (unpaired) electrons.